The number of amides is 2. The molecule has 0 radical (unpaired) electrons. The van der Waals surface area contributed by atoms with Gasteiger partial charge in [-0.2, -0.15) is 0 Å². The molecule has 1 aromatic carbocycles. The molecule has 2 rings (SSSR count). The number of alkyl halides is 3. The summed E-state index contributed by atoms with van der Waals surface area (Å²) in [7, 11) is 1.63. The van der Waals surface area contributed by atoms with Crippen LogP contribution in [0.1, 0.15) is 39.2 Å². The Kier molecular flexibility index (Phi) is 9.97. The minimum absolute atomic E-state index is 0.0566. The highest BCUT2D eigenvalue weighted by Gasteiger charge is 2.34. The molecule has 0 bridgehead atoms. The first-order chi connectivity index (χ1) is 15.5. The van der Waals surface area contributed by atoms with Gasteiger partial charge < -0.3 is 24.4 Å². The molecule has 33 heavy (non-hydrogen) atoms. The molecule has 0 spiro atoms. The molecule has 1 fully saturated rings. The van der Waals surface area contributed by atoms with Gasteiger partial charge in [-0.05, 0) is 43.4 Å². The number of likely N-dealkylation sites (tertiary alicyclic amines) is 1. The Labute approximate surface area is 192 Å². The lowest BCUT2D eigenvalue weighted by Crippen LogP contribution is -2.56. The zero-order chi connectivity index (χ0) is 24.6. The first kappa shape index (κ1) is 26.9. The Bertz CT molecular complexity index is 768. The first-order valence-corrected chi connectivity index (χ1v) is 11.0. The van der Waals surface area contributed by atoms with Crippen LogP contribution in [0, 0.1) is 11.8 Å². The van der Waals surface area contributed by atoms with Crippen molar-refractivity contribution < 1.29 is 37.0 Å². The van der Waals surface area contributed by atoms with Gasteiger partial charge >= 0.3 is 6.36 Å². The standard InChI is InChI=1S/C23H33F3N2O5/c1-15(2)21(29)27-20(22(30)28-11-5-6-18(12-28)13-31-4)16(3)32-14-17-7-9-19(10-8-17)33-23(24,25)26/h7-10,15-16,18,20H,5-6,11-14H2,1-4H3,(H,27,29). The summed E-state index contributed by atoms with van der Waals surface area (Å²) in [4.78, 5) is 27.4. The second-order valence-corrected chi connectivity index (χ2v) is 8.60. The molecular formula is C23H33F3N2O5. The second kappa shape index (κ2) is 12.2. The Morgan fingerprint density at radius 3 is 2.42 bits per heavy atom. The SMILES string of the molecule is COCC1CCCN(C(=O)C(NC(=O)C(C)C)C(C)OCc2ccc(OC(F)(F)F)cc2)C1. The van der Waals surface area contributed by atoms with Crippen LogP contribution in [0.15, 0.2) is 24.3 Å². The van der Waals surface area contributed by atoms with Gasteiger partial charge in [0.25, 0.3) is 0 Å². The van der Waals surface area contributed by atoms with Crippen molar-refractivity contribution in [3.8, 4) is 5.75 Å². The van der Waals surface area contributed by atoms with Crippen LogP contribution in [0.2, 0.25) is 0 Å². The molecule has 1 aliphatic rings. The van der Waals surface area contributed by atoms with Crippen LogP contribution in [0.5, 0.6) is 5.75 Å². The van der Waals surface area contributed by atoms with Crippen molar-refractivity contribution >= 4 is 11.8 Å². The Hall–Kier alpha value is -2.33. The van der Waals surface area contributed by atoms with Gasteiger partial charge in [0.05, 0.1) is 19.3 Å². The summed E-state index contributed by atoms with van der Waals surface area (Å²) in [5.74, 6) is -0.875. The van der Waals surface area contributed by atoms with E-state index in [0.29, 0.717) is 25.3 Å². The molecular weight excluding hydrogens is 441 g/mol. The minimum Gasteiger partial charge on any atom is -0.406 e. The van der Waals surface area contributed by atoms with Gasteiger partial charge in [-0.1, -0.05) is 26.0 Å². The summed E-state index contributed by atoms with van der Waals surface area (Å²) in [5, 5.41) is 2.80. The number of halogens is 3. The maximum absolute atomic E-state index is 13.3. The molecule has 0 aromatic heterocycles. The zero-order valence-corrected chi connectivity index (χ0v) is 19.5. The number of rotatable bonds is 10. The van der Waals surface area contributed by atoms with Gasteiger partial charge in [0.1, 0.15) is 11.8 Å². The summed E-state index contributed by atoms with van der Waals surface area (Å²) in [6.07, 6.45) is -3.59. The molecule has 1 saturated heterocycles. The number of nitrogens with one attached hydrogen (secondary N) is 1. The first-order valence-electron chi connectivity index (χ1n) is 11.0. The highest BCUT2D eigenvalue weighted by atomic mass is 19.4. The van der Waals surface area contributed by atoms with Crippen LogP contribution in [0.25, 0.3) is 0 Å². The zero-order valence-electron chi connectivity index (χ0n) is 19.5. The third-order valence-electron chi connectivity index (χ3n) is 5.46. The number of carbonyl (C=O) groups is 2. The third-order valence-corrected chi connectivity index (χ3v) is 5.46. The van der Waals surface area contributed by atoms with Gasteiger partial charge in [-0.15, -0.1) is 13.2 Å². The normalized spacial score (nSPS) is 18.7. The summed E-state index contributed by atoms with van der Waals surface area (Å²) in [5.41, 5.74) is 0.607. The number of hydrogen-bond acceptors (Lipinski definition) is 5. The number of carbonyl (C=O) groups excluding carboxylic acids is 2. The van der Waals surface area contributed by atoms with E-state index in [2.05, 4.69) is 10.1 Å². The van der Waals surface area contributed by atoms with Gasteiger partial charge in [-0.3, -0.25) is 9.59 Å². The summed E-state index contributed by atoms with van der Waals surface area (Å²) >= 11 is 0. The molecule has 10 heteroatoms. The summed E-state index contributed by atoms with van der Waals surface area (Å²) in [6, 6.07) is 4.43. The van der Waals surface area contributed by atoms with E-state index in [1.165, 1.54) is 24.3 Å². The number of ether oxygens (including phenoxy) is 3. The van der Waals surface area contributed by atoms with Gasteiger partial charge in [0.2, 0.25) is 11.8 Å². The van der Waals surface area contributed by atoms with E-state index in [9.17, 15) is 22.8 Å². The lowest BCUT2D eigenvalue weighted by Gasteiger charge is -2.36. The monoisotopic (exact) mass is 474 g/mol. The summed E-state index contributed by atoms with van der Waals surface area (Å²) in [6.45, 7) is 6.94. The van der Waals surface area contributed by atoms with E-state index in [1.807, 2.05) is 0 Å². The average Bonchev–Trinajstić information content (AvgIpc) is 2.75. The van der Waals surface area contributed by atoms with Crippen molar-refractivity contribution in [2.24, 2.45) is 11.8 Å². The maximum Gasteiger partial charge on any atom is 0.573 e. The smallest absolute Gasteiger partial charge is 0.406 e. The average molecular weight is 475 g/mol. The van der Waals surface area contributed by atoms with Crippen LogP contribution < -0.4 is 10.1 Å². The van der Waals surface area contributed by atoms with Crippen molar-refractivity contribution in [1.29, 1.82) is 0 Å². The molecule has 3 unspecified atom stereocenters. The fourth-order valence-electron chi connectivity index (χ4n) is 3.64. The largest absolute Gasteiger partial charge is 0.573 e. The molecule has 186 valence electrons. The van der Waals surface area contributed by atoms with E-state index in [0.717, 1.165) is 12.8 Å². The Morgan fingerprint density at radius 2 is 1.85 bits per heavy atom. The van der Waals surface area contributed by atoms with Crippen molar-refractivity contribution in [3.63, 3.8) is 0 Å². The topological polar surface area (TPSA) is 77.1 Å². The number of benzene rings is 1. The van der Waals surface area contributed by atoms with E-state index >= 15 is 0 Å². The van der Waals surface area contributed by atoms with Gasteiger partial charge in [-0.25, -0.2) is 0 Å². The number of methoxy groups -OCH3 is 1. The van der Waals surface area contributed by atoms with Crippen molar-refractivity contribution in [2.75, 3.05) is 26.8 Å². The molecule has 1 aromatic rings. The Morgan fingerprint density at radius 1 is 1.18 bits per heavy atom. The van der Waals surface area contributed by atoms with Gasteiger partial charge in [0.15, 0.2) is 0 Å². The minimum atomic E-state index is -4.76. The quantitative estimate of drug-likeness (QED) is 0.562. The fraction of sp³-hybridized carbons (Fsp3) is 0.652. The molecule has 1 heterocycles. The third kappa shape index (κ3) is 8.85. The molecule has 3 atom stereocenters. The molecule has 7 nitrogen and oxygen atoms in total. The Balaban J connectivity index is 2.05. The van der Waals surface area contributed by atoms with Crippen LogP contribution >= 0.6 is 0 Å². The van der Waals surface area contributed by atoms with Crippen molar-refractivity contribution in [3.05, 3.63) is 29.8 Å². The molecule has 1 aliphatic heterocycles. The lowest BCUT2D eigenvalue weighted by atomic mass is 9.97. The van der Waals surface area contributed by atoms with Crippen molar-refractivity contribution in [2.45, 2.75) is 58.7 Å². The van der Waals surface area contributed by atoms with Crippen LogP contribution in [0.4, 0.5) is 13.2 Å². The lowest BCUT2D eigenvalue weighted by molar-refractivity contribution is -0.274. The van der Waals surface area contributed by atoms with Crippen LogP contribution in [-0.2, 0) is 25.7 Å². The number of piperidine rings is 1. The summed E-state index contributed by atoms with van der Waals surface area (Å²) < 4.78 is 51.9. The van der Waals surface area contributed by atoms with Gasteiger partial charge in [0, 0.05) is 26.1 Å². The molecule has 1 N–H and O–H groups in total. The molecule has 0 aliphatic carbocycles. The highest BCUT2D eigenvalue weighted by Crippen LogP contribution is 2.23. The number of hydrogen-bond donors (Lipinski definition) is 1. The predicted octanol–water partition coefficient (Wildman–Crippen LogP) is 3.52. The van der Waals surface area contributed by atoms with E-state index in [-0.39, 0.29) is 36.0 Å². The van der Waals surface area contributed by atoms with E-state index < -0.39 is 18.5 Å². The molecule has 0 saturated carbocycles. The predicted molar refractivity (Wildman–Crippen MR) is 115 cm³/mol. The molecule has 2 amide bonds. The van der Waals surface area contributed by atoms with E-state index in [4.69, 9.17) is 9.47 Å². The second-order valence-electron chi connectivity index (χ2n) is 8.60. The maximum atomic E-state index is 13.3. The van der Waals surface area contributed by atoms with Crippen LogP contribution in [-0.4, -0.2) is 62.0 Å². The van der Waals surface area contributed by atoms with Crippen molar-refractivity contribution in [1.82, 2.24) is 10.2 Å². The van der Waals surface area contributed by atoms with Crippen LogP contribution in [0.3, 0.4) is 0 Å². The van der Waals surface area contributed by atoms with E-state index in [1.54, 1.807) is 32.8 Å². The highest BCUT2D eigenvalue weighted by molar-refractivity contribution is 5.88. The number of nitrogens with zero attached hydrogens (tertiary/aromatic N) is 1. The fourth-order valence-corrected chi connectivity index (χ4v) is 3.64.